The van der Waals surface area contributed by atoms with Crippen LogP contribution in [0.15, 0.2) is 18.2 Å². The van der Waals surface area contributed by atoms with Gasteiger partial charge in [0.1, 0.15) is 17.3 Å². The topological polar surface area (TPSA) is 35.5 Å². The molecular formula is C15H22O3. The molecule has 0 bridgehead atoms. The third kappa shape index (κ3) is 4.06. The molecule has 3 nitrogen and oxygen atoms in total. The summed E-state index contributed by atoms with van der Waals surface area (Å²) in [5, 5.41) is 0. The first-order chi connectivity index (χ1) is 8.43. The molecule has 3 heteroatoms. The summed E-state index contributed by atoms with van der Waals surface area (Å²) in [5.41, 5.74) is 0.910. The van der Waals surface area contributed by atoms with Crippen molar-refractivity contribution < 1.29 is 14.3 Å². The third-order valence-electron chi connectivity index (χ3n) is 2.64. The first-order valence-corrected chi connectivity index (χ1v) is 6.30. The zero-order valence-corrected chi connectivity index (χ0v) is 11.8. The van der Waals surface area contributed by atoms with Gasteiger partial charge in [0.25, 0.3) is 0 Å². The highest BCUT2D eigenvalue weighted by atomic mass is 16.5. The molecule has 0 spiro atoms. The molecule has 0 aliphatic carbocycles. The molecule has 100 valence electrons. The lowest BCUT2D eigenvalue weighted by Crippen LogP contribution is -2.11. The van der Waals surface area contributed by atoms with Crippen LogP contribution in [0, 0.1) is 5.92 Å². The maximum absolute atomic E-state index is 11.8. The van der Waals surface area contributed by atoms with E-state index in [-0.39, 0.29) is 17.8 Å². The van der Waals surface area contributed by atoms with Gasteiger partial charge in [-0.05, 0) is 19.9 Å². The van der Waals surface area contributed by atoms with E-state index in [1.807, 2.05) is 45.9 Å². The second-order valence-electron chi connectivity index (χ2n) is 4.94. The number of hydrogen-bond donors (Lipinski definition) is 0. The summed E-state index contributed by atoms with van der Waals surface area (Å²) in [4.78, 5) is 11.8. The van der Waals surface area contributed by atoms with Gasteiger partial charge in [-0.2, -0.15) is 0 Å². The molecule has 0 fully saturated rings. The number of ketones is 1. The summed E-state index contributed by atoms with van der Waals surface area (Å²) in [6, 6.07) is 5.62. The van der Waals surface area contributed by atoms with Crippen molar-refractivity contribution in [2.75, 3.05) is 7.11 Å². The number of rotatable bonds is 6. The van der Waals surface area contributed by atoms with Gasteiger partial charge in [0.2, 0.25) is 0 Å². The first-order valence-electron chi connectivity index (χ1n) is 6.30. The number of hydrogen-bond acceptors (Lipinski definition) is 3. The molecule has 0 unspecified atom stereocenters. The molecule has 0 atom stereocenters. The fourth-order valence-electron chi connectivity index (χ4n) is 1.61. The van der Waals surface area contributed by atoms with Crippen LogP contribution >= 0.6 is 0 Å². The minimum absolute atomic E-state index is 0.0429. The number of carbonyl (C=O) groups excluding carboxylic acids is 1. The monoisotopic (exact) mass is 250 g/mol. The predicted octanol–water partition coefficient (Wildman–Crippen LogP) is 3.25. The highest BCUT2D eigenvalue weighted by Crippen LogP contribution is 2.26. The number of benzene rings is 1. The Balaban J connectivity index is 2.89. The van der Waals surface area contributed by atoms with Gasteiger partial charge in [-0.25, -0.2) is 0 Å². The van der Waals surface area contributed by atoms with E-state index in [0.717, 1.165) is 11.3 Å². The van der Waals surface area contributed by atoms with Crippen molar-refractivity contribution >= 4 is 5.78 Å². The molecule has 18 heavy (non-hydrogen) atoms. The van der Waals surface area contributed by atoms with E-state index < -0.39 is 0 Å². The molecule has 1 rings (SSSR count). The Labute approximate surface area is 109 Å². The first kappa shape index (κ1) is 14.6. The number of carbonyl (C=O) groups is 1. The largest absolute Gasteiger partial charge is 0.496 e. The highest BCUT2D eigenvalue weighted by molar-refractivity contribution is 5.83. The van der Waals surface area contributed by atoms with Gasteiger partial charge in [-0.15, -0.1) is 0 Å². The molecule has 0 saturated carbocycles. The SMILES string of the molecule is COc1cc(OC(C)C)ccc1CC(=O)C(C)C. The van der Waals surface area contributed by atoms with E-state index in [1.54, 1.807) is 7.11 Å². The molecule has 0 amide bonds. The van der Waals surface area contributed by atoms with Crippen LogP contribution < -0.4 is 9.47 Å². The molecule has 0 aliphatic rings. The number of Topliss-reactive ketones (excluding diaryl/α,β-unsaturated/α-hetero) is 1. The zero-order chi connectivity index (χ0) is 13.7. The molecule has 0 saturated heterocycles. The van der Waals surface area contributed by atoms with Crippen LogP contribution in [0.1, 0.15) is 33.3 Å². The van der Waals surface area contributed by atoms with Crippen molar-refractivity contribution in [3.05, 3.63) is 23.8 Å². The molecule has 0 aromatic heterocycles. The molecule has 0 heterocycles. The van der Waals surface area contributed by atoms with Gasteiger partial charge < -0.3 is 9.47 Å². The van der Waals surface area contributed by atoms with E-state index in [9.17, 15) is 4.79 Å². The molecule has 0 radical (unpaired) electrons. The molecule has 0 N–H and O–H groups in total. The maximum atomic E-state index is 11.8. The fraction of sp³-hybridized carbons (Fsp3) is 0.533. The van der Waals surface area contributed by atoms with Crippen LogP contribution in [-0.4, -0.2) is 19.0 Å². The Hall–Kier alpha value is -1.51. The van der Waals surface area contributed by atoms with Crippen molar-refractivity contribution in [3.63, 3.8) is 0 Å². The van der Waals surface area contributed by atoms with Gasteiger partial charge in [0.15, 0.2) is 0 Å². The van der Waals surface area contributed by atoms with Gasteiger partial charge in [-0.1, -0.05) is 19.9 Å². The van der Waals surface area contributed by atoms with Gasteiger partial charge >= 0.3 is 0 Å². The quantitative estimate of drug-likeness (QED) is 0.777. The van der Waals surface area contributed by atoms with Crippen LogP contribution in [0.25, 0.3) is 0 Å². The summed E-state index contributed by atoms with van der Waals surface area (Å²) in [6.07, 6.45) is 0.529. The summed E-state index contributed by atoms with van der Waals surface area (Å²) < 4.78 is 10.9. The van der Waals surface area contributed by atoms with Gasteiger partial charge in [-0.3, -0.25) is 4.79 Å². The normalized spacial score (nSPS) is 10.8. The number of ether oxygens (including phenoxy) is 2. The van der Waals surface area contributed by atoms with Crippen LogP contribution in [0.3, 0.4) is 0 Å². The maximum Gasteiger partial charge on any atom is 0.139 e. The van der Waals surface area contributed by atoms with E-state index in [2.05, 4.69) is 0 Å². The van der Waals surface area contributed by atoms with Crippen LogP contribution in [0.2, 0.25) is 0 Å². The summed E-state index contributed by atoms with van der Waals surface area (Å²) in [6.45, 7) is 7.77. The van der Waals surface area contributed by atoms with Crippen LogP contribution in [-0.2, 0) is 11.2 Å². The smallest absolute Gasteiger partial charge is 0.139 e. The standard InChI is InChI=1S/C15H22O3/c1-10(2)14(16)8-12-6-7-13(18-11(3)4)9-15(12)17-5/h6-7,9-11H,8H2,1-5H3. The molecule has 1 aromatic rings. The van der Waals surface area contributed by atoms with E-state index in [1.165, 1.54) is 0 Å². The van der Waals surface area contributed by atoms with E-state index >= 15 is 0 Å². The Morgan fingerprint density at radius 3 is 2.39 bits per heavy atom. The summed E-state index contributed by atoms with van der Waals surface area (Å²) in [5.74, 6) is 1.73. The Morgan fingerprint density at radius 1 is 1.22 bits per heavy atom. The second kappa shape index (κ2) is 6.43. The Kier molecular flexibility index (Phi) is 5.20. The molecule has 0 aliphatic heterocycles. The Morgan fingerprint density at radius 2 is 1.89 bits per heavy atom. The van der Waals surface area contributed by atoms with Crippen molar-refractivity contribution in [2.24, 2.45) is 5.92 Å². The van der Waals surface area contributed by atoms with E-state index in [0.29, 0.717) is 12.2 Å². The minimum Gasteiger partial charge on any atom is -0.496 e. The lowest BCUT2D eigenvalue weighted by molar-refractivity contribution is -0.121. The lowest BCUT2D eigenvalue weighted by Gasteiger charge is -2.14. The second-order valence-corrected chi connectivity index (χ2v) is 4.94. The number of methoxy groups -OCH3 is 1. The van der Waals surface area contributed by atoms with Crippen molar-refractivity contribution in [1.82, 2.24) is 0 Å². The summed E-state index contributed by atoms with van der Waals surface area (Å²) >= 11 is 0. The van der Waals surface area contributed by atoms with E-state index in [4.69, 9.17) is 9.47 Å². The lowest BCUT2D eigenvalue weighted by atomic mass is 10.0. The Bertz CT molecular complexity index is 408. The fourth-order valence-corrected chi connectivity index (χ4v) is 1.61. The van der Waals surface area contributed by atoms with Crippen LogP contribution in [0.5, 0.6) is 11.5 Å². The highest BCUT2D eigenvalue weighted by Gasteiger charge is 2.13. The van der Waals surface area contributed by atoms with Crippen LogP contribution in [0.4, 0.5) is 0 Å². The average molecular weight is 250 g/mol. The zero-order valence-electron chi connectivity index (χ0n) is 11.8. The summed E-state index contributed by atoms with van der Waals surface area (Å²) in [7, 11) is 1.61. The van der Waals surface area contributed by atoms with Crippen molar-refractivity contribution in [2.45, 2.75) is 40.2 Å². The van der Waals surface area contributed by atoms with Gasteiger partial charge in [0, 0.05) is 24.0 Å². The van der Waals surface area contributed by atoms with Gasteiger partial charge in [0.05, 0.1) is 13.2 Å². The van der Waals surface area contributed by atoms with Crippen molar-refractivity contribution in [1.29, 1.82) is 0 Å². The molecular weight excluding hydrogens is 228 g/mol. The average Bonchev–Trinajstić information content (AvgIpc) is 2.30. The van der Waals surface area contributed by atoms with Crippen molar-refractivity contribution in [3.8, 4) is 11.5 Å². The minimum atomic E-state index is 0.0429. The third-order valence-corrected chi connectivity index (χ3v) is 2.64. The molecule has 1 aromatic carbocycles. The predicted molar refractivity (Wildman–Crippen MR) is 72.3 cm³/mol.